The van der Waals surface area contributed by atoms with Gasteiger partial charge in [0.05, 0.1) is 12.6 Å². The van der Waals surface area contributed by atoms with Crippen LogP contribution in [-0.4, -0.2) is 24.5 Å². The summed E-state index contributed by atoms with van der Waals surface area (Å²) in [6, 6.07) is 16.2. The predicted octanol–water partition coefficient (Wildman–Crippen LogP) is 4.35. The Kier molecular flexibility index (Phi) is 5.27. The third kappa shape index (κ3) is 4.72. The highest BCUT2D eigenvalue weighted by atomic mass is 35.5. The summed E-state index contributed by atoms with van der Waals surface area (Å²) in [5.74, 6) is -0.706. The number of rotatable bonds is 3. The van der Waals surface area contributed by atoms with Crippen LogP contribution in [0.2, 0.25) is 5.02 Å². The molecule has 1 saturated heterocycles. The van der Waals surface area contributed by atoms with Gasteiger partial charge in [0.2, 0.25) is 0 Å². The maximum absolute atomic E-state index is 12.4. The first-order chi connectivity index (χ1) is 11.9. The topological polar surface area (TPSA) is 59.6 Å². The average molecular weight is 361 g/mol. The zero-order valence-corrected chi connectivity index (χ0v) is 14.9. The molecule has 0 aromatic heterocycles. The van der Waals surface area contributed by atoms with E-state index >= 15 is 0 Å². The van der Waals surface area contributed by atoms with Crippen LogP contribution in [0.4, 0.5) is 10.5 Å². The molecule has 132 valence electrons. The third-order valence-electron chi connectivity index (χ3n) is 3.91. The second-order valence-electron chi connectivity index (χ2n) is 6.38. The Balaban J connectivity index is 1.71. The van der Waals surface area contributed by atoms with Gasteiger partial charge in [0.25, 0.3) is 0 Å². The fourth-order valence-electron chi connectivity index (χ4n) is 2.76. The summed E-state index contributed by atoms with van der Waals surface area (Å²) in [4.78, 5) is 12.4. The van der Waals surface area contributed by atoms with E-state index < -0.39 is 5.79 Å². The second kappa shape index (κ2) is 7.44. The number of amides is 2. The Morgan fingerprint density at radius 1 is 1.16 bits per heavy atom. The number of anilines is 1. The van der Waals surface area contributed by atoms with Crippen LogP contribution in [0.25, 0.3) is 0 Å². The summed E-state index contributed by atoms with van der Waals surface area (Å²) < 4.78 is 11.8. The first-order valence-electron chi connectivity index (χ1n) is 8.13. The first kappa shape index (κ1) is 17.7. The van der Waals surface area contributed by atoms with E-state index in [0.717, 1.165) is 5.56 Å². The molecule has 2 N–H and O–H groups in total. The molecule has 0 bridgehead atoms. The maximum atomic E-state index is 12.4. The lowest BCUT2D eigenvalue weighted by atomic mass is 10.0. The van der Waals surface area contributed by atoms with E-state index in [1.807, 2.05) is 44.2 Å². The SMILES string of the molecule is CC1(C)OC[C@H](NC(=O)Nc2cccc(Cl)c2)[C@H](c2ccccc2)O1. The Hall–Kier alpha value is -2.08. The van der Waals surface area contributed by atoms with Gasteiger partial charge in [-0.15, -0.1) is 0 Å². The quantitative estimate of drug-likeness (QED) is 0.855. The molecule has 5 nitrogen and oxygen atoms in total. The van der Waals surface area contributed by atoms with Crippen molar-refractivity contribution in [3.05, 3.63) is 65.2 Å². The number of carbonyl (C=O) groups is 1. The van der Waals surface area contributed by atoms with Crippen molar-refractivity contribution >= 4 is 23.3 Å². The van der Waals surface area contributed by atoms with E-state index in [1.54, 1.807) is 24.3 Å². The normalized spacial score (nSPS) is 22.2. The fourth-order valence-corrected chi connectivity index (χ4v) is 2.95. The highest BCUT2D eigenvalue weighted by Gasteiger charge is 2.38. The molecule has 0 radical (unpaired) electrons. The summed E-state index contributed by atoms with van der Waals surface area (Å²) in [6.07, 6.45) is -0.296. The van der Waals surface area contributed by atoms with Crippen molar-refractivity contribution in [2.24, 2.45) is 0 Å². The Morgan fingerprint density at radius 3 is 2.64 bits per heavy atom. The van der Waals surface area contributed by atoms with Gasteiger partial charge in [0.15, 0.2) is 5.79 Å². The molecular weight excluding hydrogens is 340 g/mol. The largest absolute Gasteiger partial charge is 0.348 e. The fraction of sp³-hybridized carbons (Fsp3) is 0.316. The van der Waals surface area contributed by atoms with Crippen molar-refractivity contribution in [2.75, 3.05) is 11.9 Å². The molecule has 1 aliphatic rings. The number of urea groups is 1. The van der Waals surface area contributed by atoms with Crippen LogP contribution in [0, 0.1) is 0 Å². The van der Waals surface area contributed by atoms with Crippen LogP contribution in [0.15, 0.2) is 54.6 Å². The van der Waals surface area contributed by atoms with E-state index in [0.29, 0.717) is 17.3 Å². The molecule has 1 aliphatic heterocycles. The monoisotopic (exact) mass is 360 g/mol. The molecule has 0 spiro atoms. The van der Waals surface area contributed by atoms with Crippen LogP contribution in [-0.2, 0) is 9.47 Å². The van der Waals surface area contributed by atoms with Gasteiger partial charge in [-0.05, 0) is 37.6 Å². The third-order valence-corrected chi connectivity index (χ3v) is 4.15. The number of hydrogen-bond donors (Lipinski definition) is 2. The van der Waals surface area contributed by atoms with E-state index in [4.69, 9.17) is 21.1 Å². The number of halogens is 1. The average Bonchev–Trinajstić information content (AvgIpc) is 2.57. The molecule has 1 fully saturated rings. The summed E-state index contributed by atoms with van der Waals surface area (Å²) in [5, 5.41) is 6.27. The standard InChI is InChI=1S/C19H21ClN2O3/c1-19(2)24-12-16(17(25-19)13-7-4-3-5-8-13)22-18(23)21-15-10-6-9-14(20)11-15/h3-11,16-17H,12H2,1-2H3,(H2,21,22,23)/t16-,17-/m0/s1. The van der Waals surface area contributed by atoms with Gasteiger partial charge in [-0.1, -0.05) is 48.0 Å². The van der Waals surface area contributed by atoms with E-state index in [2.05, 4.69) is 10.6 Å². The van der Waals surface area contributed by atoms with Crippen LogP contribution >= 0.6 is 11.6 Å². The molecule has 0 aliphatic carbocycles. The smallest absolute Gasteiger partial charge is 0.319 e. The van der Waals surface area contributed by atoms with Gasteiger partial charge in [0.1, 0.15) is 6.10 Å². The number of ether oxygens (including phenoxy) is 2. The van der Waals surface area contributed by atoms with Gasteiger partial charge in [-0.3, -0.25) is 0 Å². The summed E-state index contributed by atoms with van der Waals surface area (Å²) in [5.41, 5.74) is 1.62. The number of benzene rings is 2. The highest BCUT2D eigenvalue weighted by molar-refractivity contribution is 6.30. The van der Waals surface area contributed by atoms with Crippen molar-refractivity contribution in [3.8, 4) is 0 Å². The Labute approximate surface area is 152 Å². The molecule has 2 aromatic carbocycles. The van der Waals surface area contributed by atoms with Crippen molar-refractivity contribution < 1.29 is 14.3 Å². The van der Waals surface area contributed by atoms with Crippen LogP contribution in [0.3, 0.4) is 0 Å². The number of nitrogens with one attached hydrogen (secondary N) is 2. The minimum Gasteiger partial charge on any atom is -0.348 e. The Bertz CT molecular complexity index is 736. The molecule has 25 heavy (non-hydrogen) atoms. The van der Waals surface area contributed by atoms with E-state index in [1.165, 1.54) is 0 Å². The number of carbonyl (C=O) groups excluding carboxylic acids is 1. The molecule has 0 saturated carbocycles. The summed E-state index contributed by atoms with van der Waals surface area (Å²) >= 11 is 5.94. The zero-order valence-electron chi connectivity index (χ0n) is 14.2. The Morgan fingerprint density at radius 2 is 1.92 bits per heavy atom. The zero-order chi connectivity index (χ0) is 17.9. The van der Waals surface area contributed by atoms with Gasteiger partial charge in [-0.2, -0.15) is 0 Å². The van der Waals surface area contributed by atoms with Crippen molar-refractivity contribution in [2.45, 2.75) is 31.8 Å². The van der Waals surface area contributed by atoms with Gasteiger partial charge < -0.3 is 20.1 Å². The lowest BCUT2D eigenvalue weighted by molar-refractivity contribution is -0.284. The molecule has 0 unspecified atom stereocenters. The maximum Gasteiger partial charge on any atom is 0.319 e. The van der Waals surface area contributed by atoms with E-state index in [-0.39, 0.29) is 18.2 Å². The minimum atomic E-state index is -0.706. The summed E-state index contributed by atoms with van der Waals surface area (Å²) in [7, 11) is 0. The van der Waals surface area contributed by atoms with Crippen molar-refractivity contribution in [1.82, 2.24) is 5.32 Å². The van der Waals surface area contributed by atoms with Gasteiger partial charge in [0, 0.05) is 10.7 Å². The molecule has 2 amide bonds. The molecule has 2 atom stereocenters. The molecule has 1 heterocycles. The predicted molar refractivity (Wildman–Crippen MR) is 97.7 cm³/mol. The minimum absolute atomic E-state index is 0.296. The van der Waals surface area contributed by atoms with Crippen LogP contribution in [0.1, 0.15) is 25.5 Å². The van der Waals surface area contributed by atoms with Gasteiger partial charge in [-0.25, -0.2) is 4.79 Å². The molecule has 3 rings (SSSR count). The first-order valence-corrected chi connectivity index (χ1v) is 8.50. The van der Waals surface area contributed by atoms with Crippen LogP contribution in [0.5, 0.6) is 0 Å². The molecular formula is C19H21ClN2O3. The lowest BCUT2D eigenvalue weighted by Gasteiger charge is -2.41. The van der Waals surface area contributed by atoms with Crippen molar-refractivity contribution in [1.29, 1.82) is 0 Å². The summed E-state index contributed by atoms with van der Waals surface area (Å²) in [6.45, 7) is 4.09. The lowest BCUT2D eigenvalue weighted by Crippen LogP contribution is -2.52. The molecule has 2 aromatic rings. The number of hydrogen-bond acceptors (Lipinski definition) is 3. The van der Waals surface area contributed by atoms with Crippen LogP contribution < -0.4 is 10.6 Å². The van der Waals surface area contributed by atoms with Gasteiger partial charge >= 0.3 is 6.03 Å². The van der Waals surface area contributed by atoms with E-state index in [9.17, 15) is 4.79 Å². The second-order valence-corrected chi connectivity index (χ2v) is 6.81. The molecule has 6 heteroatoms. The highest BCUT2D eigenvalue weighted by Crippen LogP contribution is 2.33. The van der Waals surface area contributed by atoms with Crippen molar-refractivity contribution in [3.63, 3.8) is 0 Å².